The molecule has 0 heterocycles. The first-order chi connectivity index (χ1) is 6.97. The van der Waals surface area contributed by atoms with Crippen molar-refractivity contribution in [2.75, 3.05) is 7.05 Å². The summed E-state index contributed by atoms with van der Waals surface area (Å²) in [5, 5.41) is 5.08. The van der Waals surface area contributed by atoms with Crippen molar-refractivity contribution in [3.63, 3.8) is 0 Å². The van der Waals surface area contributed by atoms with Gasteiger partial charge in [-0.3, -0.25) is 9.59 Å². The summed E-state index contributed by atoms with van der Waals surface area (Å²) in [6, 6.07) is -0.355. The maximum Gasteiger partial charge on any atom is 0.242 e. The van der Waals surface area contributed by atoms with Gasteiger partial charge in [-0.1, -0.05) is 0 Å². The minimum Gasteiger partial charge on any atom is -0.357 e. The molecule has 0 aromatic heterocycles. The number of hydrogen-bond donors (Lipinski definition) is 3. The fraction of sp³-hybridized carbons (Fsp3) is 0.800. The van der Waals surface area contributed by atoms with Crippen molar-refractivity contribution in [1.82, 2.24) is 10.6 Å². The molecule has 4 N–H and O–H groups in total. The Kier molecular flexibility index (Phi) is 6.70. The smallest absolute Gasteiger partial charge is 0.242 e. The molecule has 15 heavy (non-hydrogen) atoms. The maximum absolute atomic E-state index is 11.3. The molecule has 5 heteroatoms. The third kappa shape index (κ3) is 6.90. The number of carbonyl (C=O) groups excluding carboxylic acids is 2. The lowest BCUT2D eigenvalue weighted by Crippen LogP contribution is -2.43. The van der Waals surface area contributed by atoms with Crippen LogP contribution in [0.3, 0.4) is 0 Å². The molecule has 5 nitrogen and oxygen atoms in total. The van der Waals surface area contributed by atoms with Gasteiger partial charge < -0.3 is 16.4 Å². The molecular weight excluding hydrogens is 194 g/mol. The molecule has 2 atom stereocenters. The van der Waals surface area contributed by atoms with E-state index in [4.69, 9.17) is 5.73 Å². The second-order valence-corrected chi connectivity index (χ2v) is 3.77. The zero-order valence-corrected chi connectivity index (χ0v) is 9.67. The molecule has 0 bridgehead atoms. The van der Waals surface area contributed by atoms with Gasteiger partial charge in [0.15, 0.2) is 0 Å². The Hall–Kier alpha value is -1.10. The van der Waals surface area contributed by atoms with Gasteiger partial charge in [0.05, 0.1) is 0 Å². The first kappa shape index (κ1) is 13.9. The van der Waals surface area contributed by atoms with Gasteiger partial charge in [0.1, 0.15) is 6.04 Å². The standard InChI is InChI=1S/C10H21N3O2/c1-7(11)5-4-6-9(14)13-8(2)10(15)12-3/h7-8H,4-6,11H2,1-3H3,(H,12,15)(H,13,14). The van der Waals surface area contributed by atoms with Crippen molar-refractivity contribution >= 4 is 11.8 Å². The van der Waals surface area contributed by atoms with Crippen molar-refractivity contribution in [3.8, 4) is 0 Å². The van der Waals surface area contributed by atoms with Crippen LogP contribution in [-0.4, -0.2) is 30.9 Å². The quantitative estimate of drug-likeness (QED) is 0.571. The van der Waals surface area contributed by atoms with Gasteiger partial charge in [0, 0.05) is 19.5 Å². The molecular formula is C10H21N3O2. The van der Waals surface area contributed by atoms with Crippen molar-refractivity contribution in [2.45, 2.75) is 45.2 Å². The number of carbonyl (C=O) groups is 2. The maximum atomic E-state index is 11.3. The molecule has 0 fully saturated rings. The second kappa shape index (κ2) is 7.23. The van der Waals surface area contributed by atoms with Gasteiger partial charge in [-0.15, -0.1) is 0 Å². The van der Waals surface area contributed by atoms with Crippen LogP contribution in [0.15, 0.2) is 0 Å². The van der Waals surface area contributed by atoms with Gasteiger partial charge in [-0.05, 0) is 26.7 Å². The summed E-state index contributed by atoms with van der Waals surface area (Å²) in [6.45, 7) is 3.56. The highest BCUT2D eigenvalue weighted by atomic mass is 16.2. The van der Waals surface area contributed by atoms with E-state index in [0.717, 1.165) is 12.8 Å². The number of hydrogen-bond acceptors (Lipinski definition) is 3. The molecule has 0 saturated carbocycles. The summed E-state index contributed by atoms with van der Waals surface area (Å²) in [7, 11) is 1.54. The number of amides is 2. The summed E-state index contributed by atoms with van der Waals surface area (Å²) in [4.78, 5) is 22.4. The number of nitrogens with two attached hydrogens (primary N) is 1. The Balaban J connectivity index is 3.69. The highest BCUT2D eigenvalue weighted by Gasteiger charge is 2.13. The van der Waals surface area contributed by atoms with E-state index in [1.807, 2.05) is 6.92 Å². The molecule has 0 saturated heterocycles. The molecule has 0 radical (unpaired) electrons. The summed E-state index contributed by atoms with van der Waals surface area (Å²) in [5.41, 5.74) is 5.55. The van der Waals surface area contributed by atoms with Crippen LogP contribution >= 0.6 is 0 Å². The van der Waals surface area contributed by atoms with E-state index >= 15 is 0 Å². The Bertz CT molecular complexity index is 217. The summed E-state index contributed by atoms with van der Waals surface area (Å²) >= 11 is 0. The number of rotatable bonds is 6. The fourth-order valence-electron chi connectivity index (χ4n) is 1.18. The van der Waals surface area contributed by atoms with Crippen LogP contribution < -0.4 is 16.4 Å². The van der Waals surface area contributed by atoms with Gasteiger partial charge >= 0.3 is 0 Å². The predicted octanol–water partition coefficient (Wildman–Crippen LogP) is -0.245. The van der Waals surface area contributed by atoms with Crippen LogP contribution in [0.1, 0.15) is 33.1 Å². The third-order valence-electron chi connectivity index (χ3n) is 2.08. The molecule has 88 valence electrons. The summed E-state index contributed by atoms with van der Waals surface area (Å²) in [5.74, 6) is -0.290. The van der Waals surface area contributed by atoms with Gasteiger partial charge in [-0.25, -0.2) is 0 Å². The molecule has 0 aromatic rings. The van der Waals surface area contributed by atoms with E-state index in [0.29, 0.717) is 6.42 Å². The van der Waals surface area contributed by atoms with Crippen LogP contribution in [0, 0.1) is 0 Å². The minimum atomic E-state index is -0.474. The van der Waals surface area contributed by atoms with Crippen LogP contribution in [0.25, 0.3) is 0 Å². The number of nitrogens with one attached hydrogen (secondary N) is 2. The minimum absolute atomic E-state index is 0.105. The largest absolute Gasteiger partial charge is 0.357 e. The monoisotopic (exact) mass is 215 g/mol. The van der Waals surface area contributed by atoms with E-state index in [1.54, 1.807) is 14.0 Å². The van der Waals surface area contributed by atoms with Crippen molar-refractivity contribution < 1.29 is 9.59 Å². The highest BCUT2D eigenvalue weighted by molar-refractivity contribution is 5.86. The normalized spacial score (nSPS) is 14.1. The van der Waals surface area contributed by atoms with E-state index in [1.165, 1.54) is 0 Å². The second-order valence-electron chi connectivity index (χ2n) is 3.77. The van der Waals surface area contributed by atoms with E-state index in [9.17, 15) is 9.59 Å². The topological polar surface area (TPSA) is 84.2 Å². The Morgan fingerprint density at radius 3 is 2.40 bits per heavy atom. The predicted molar refractivity (Wildman–Crippen MR) is 59.2 cm³/mol. The third-order valence-corrected chi connectivity index (χ3v) is 2.08. The SMILES string of the molecule is CNC(=O)C(C)NC(=O)CCCC(C)N. The average molecular weight is 215 g/mol. The number of likely N-dealkylation sites (N-methyl/N-ethyl adjacent to an activating group) is 1. The molecule has 0 aromatic carbocycles. The van der Waals surface area contributed by atoms with E-state index in [2.05, 4.69) is 10.6 Å². The molecule has 2 amide bonds. The van der Waals surface area contributed by atoms with Crippen LogP contribution in [-0.2, 0) is 9.59 Å². The lowest BCUT2D eigenvalue weighted by atomic mass is 10.1. The van der Waals surface area contributed by atoms with E-state index in [-0.39, 0.29) is 17.9 Å². The molecule has 0 spiro atoms. The molecule has 0 aliphatic rings. The summed E-state index contributed by atoms with van der Waals surface area (Å²) in [6.07, 6.45) is 1.99. The summed E-state index contributed by atoms with van der Waals surface area (Å²) < 4.78 is 0. The van der Waals surface area contributed by atoms with Crippen LogP contribution in [0.5, 0.6) is 0 Å². The first-order valence-corrected chi connectivity index (χ1v) is 5.24. The van der Waals surface area contributed by atoms with Gasteiger partial charge in [-0.2, -0.15) is 0 Å². The Morgan fingerprint density at radius 1 is 1.33 bits per heavy atom. The van der Waals surface area contributed by atoms with Crippen LogP contribution in [0.4, 0.5) is 0 Å². The molecule has 0 aliphatic carbocycles. The lowest BCUT2D eigenvalue weighted by molar-refractivity contribution is -0.128. The first-order valence-electron chi connectivity index (χ1n) is 5.24. The molecule has 0 rings (SSSR count). The zero-order chi connectivity index (χ0) is 11.8. The van der Waals surface area contributed by atoms with Crippen LogP contribution in [0.2, 0.25) is 0 Å². The average Bonchev–Trinajstić information content (AvgIpc) is 2.15. The van der Waals surface area contributed by atoms with E-state index < -0.39 is 6.04 Å². The Labute approximate surface area is 90.8 Å². The van der Waals surface area contributed by atoms with Crippen molar-refractivity contribution in [1.29, 1.82) is 0 Å². The van der Waals surface area contributed by atoms with Gasteiger partial charge in [0.25, 0.3) is 0 Å². The zero-order valence-electron chi connectivity index (χ0n) is 9.67. The van der Waals surface area contributed by atoms with Crippen molar-refractivity contribution in [3.05, 3.63) is 0 Å². The Morgan fingerprint density at radius 2 is 1.93 bits per heavy atom. The highest BCUT2D eigenvalue weighted by Crippen LogP contribution is 1.98. The van der Waals surface area contributed by atoms with Crippen molar-refractivity contribution in [2.24, 2.45) is 5.73 Å². The van der Waals surface area contributed by atoms with Gasteiger partial charge in [0.2, 0.25) is 11.8 Å². The molecule has 0 aliphatic heterocycles. The molecule has 2 unspecified atom stereocenters. The lowest BCUT2D eigenvalue weighted by Gasteiger charge is -2.12. The fourth-order valence-corrected chi connectivity index (χ4v) is 1.18.